The number of hydrogen-bond donors (Lipinski definition) is 1. The van der Waals surface area contributed by atoms with Crippen molar-refractivity contribution >= 4 is 5.91 Å². The summed E-state index contributed by atoms with van der Waals surface area (Å²) in [4.78, 5) is 14.5. The Morgan fingerprint density at radius 3 is 2.63 bits per heavy atom. The minimum Gasteiger partial charge on any atom is -0.394 e. The predicted octanol–water partition coefficient (Wildman–Crippen LogP) is 1.53. The molecule has 4 nitrogen and oxygen atoms in total. The van der Waals surface area contributed by atoms with Crippen LogP contribution in [0.15, 0.2) is 18.2 Å². The molecule has 0 bridgehead atoms. The maximum absolute atomic E-state index is 12.7. The van der Waals surface area contributed by atoms with Crippen molar-refractivity contribution in [2.24, 2.45) is 0 Å². The quantitative estimate of drug-likeness (QED) is 0.880. The van der Waals surface area contributed by atoms with Gasteiger partial charge in [0.1, 0.15) is 0 Å². The molecule has 1 heterocycles. The van der Waals surface area contributed by atoms with Gasteiger partial charge in [0, 0.05) is 12.1 Å². The molecule has 2 atom stereocenters. The van der Waals surface area contributed by atoms with Crippen LogP contribution in [0, 0.1) is 13.8 Å². The molecule has 1 aromatic carbocycles. The van der Waals surface area contributed by atoms with Crippen LogP contribution < -0.4 is 0 Å². The Labute approximate surface area is 114 Å². The molecule has 0 aromatic heterocycles. The summed E-state index contributed by atoms with van der Waals surface area (Å²) in [6, 6.07) is 5.90. The summed E-state index contributed by atoms with van der Waals surface area (Å²) in [7, 11) is 0. The van der Waals surface area contributed by atoms with Crippen molar-refractivity contribution < 1.29 is 14.6 Å². The SMILES string of the molecule is Cc1cccc(C)c1C(=O)N1CC(CO)OCC1C. The van der Waals surface area contributed by atoms with Crippen molar-refractivity contribution in [2.45, 2.75) is 32.9 Å². The molecule has 4 heteroatoms. The van der Waals surface area contributed by atoms with Gasteiger partial charge in [-0.1, -0.05) is 18.2 Å². The number of aliphatic hydroxyl groups is 1. The van der Waals surface area contributed by atoms with E-state index in [1.54, 1.807) is 4.90 Å². The first-order valence-electron chi connectivity index (χ1n) is 6.64. The predicted molar refractivity (Wildman–Crippen MR) is 73.2 cm³/mol. The first kappa shape index (κ1) is 14.0. The van der Waals surface area contributed by atoms with E-state index < -0.39 is 0 Å². The monoisotopic (exact) mass is 263 g/mol. The molecule has 1 N–H and O–H groups in total. The zero-order valence-corrected chi connectivity index (χ0v) is 11.7. The maximum atomic E-state index is 12.7. The Balaban J connectivity index is 2.27. The van der Waals surface area contributed by atoms with Gasteiger partial charge in [0.15, 0.2) is 0 Å². The Morgan fingerprint density at radius 2 is 2.05 bits per heavy atom. The summed E-state index contributed by atoms with van der Waals surface area (Å²) in [5.41, 5.74) is 2.75. The molecule has 104 valence electrons. The third kappa shape index (κ3) is 2.80. The average Bonchev–Trinajstić information content (AvgIpc) is 2.39. The van der Waals surface area contributed by atoms with Crippen molar-refractivity contribution in [1.82, 2.24) is 4.90 Å². The number of aliphatic hydroxyl groups excluding tert-OH is 1. The molecular formula is C15H21NO3. The summed E-state index contributed by atoms with van der Waals surface area (Å²) >= 11 is 0. The smallest absolute Gasteiger partial charge is 0.254 e. The van der Waals surface area contributed by atoms with Gasteiger partial charge < -0.3 is 14.7 Å². The van der Waals surface area contributed by atoms with Crippen LogP contribution in [0.5, 0.6) is 0 Å². The number of aryl methyl sites for hydroxylation is 2. The lowest BCUT2D eigenvalue weighted by molar-refractivity contribution is -0.0667. The summed E-state index contributed by atoms with van der Waals surface area (Å²) < 4.78 is 5.47. The van der Waals surface area contributed by atoms with Crippen LogP contribution in [-0.4, -0.2) is 47.8 Å². The summed E-state index contributed by atoms with van der Waals surface area (Å²) in [6.45, 7) is 6.75. The molecular weight excluding hydrogens is 242 g/mol. The molecule has 0 radical (unpaired) electrons. The summed E-state index contributed by atoms with van der Waals surface area (Å²) in [6.07, 6.45) is -0.274. The zero-order chi connectivity index (χ0) is 14.0. The van der Waals surface area contributed by atoms with Crippen molar-refractivity contribution in [3.63, 3.8) is 0 Å². The van der Waals surface area contributed by atoms with E-state index in [1.165, 1.54) is 0 Å². The fourth-order valence-electron chi connectivity index (χ4n) is 2.51. The second-order valence-electron chi connectivity index (χ2n) is 5.21. The Morgan fingerprint density at radius 1 is 1.42 bits per heavy atom. The Kier molecular flexibility index (Phi) is 4.22. The van der Waals surface area contributed by atoms with Gasteiger partial charge in [-0.15, -0.1) is 0 Å². The number of amides is 1. The summed E-state index contributed by atoms with van der Waals surface area (Å²) in [5, 5.41) is 9.19. The van der Waals surface area contributed by atoms with Crippen LogP contribution in [0.3, 0.4) is 0 Å². The van der Waals surface area contributed by atoms with Crippen LogP contribution in [0.2, 0.25) is 0 Å². The van der Waals surface area contributed by atoms with Crippen LogP contribution in [-0.2, 0) is 4.74 Å². The number of benzene rings is 1. The Bertz CT molecular complexity index is 452. The molecule has 1 aromatic rings. The van der Waals surface area contributed by atoms with Gasteiger partial charge in [0.05, 0.1) is 25.4 Å². The third-order valence-electron chi connectivity index (χ3n) is 3.67. The average molecular weight is 263 g/mol. The zero-order valence-electron chi connectivity index (χ0n) is 11.7. The van der Waals surface area contributed by atoms with E-state index >= 15 is 0 Å². The van der Waals surface area contributed by atoms with E-state index in [9.17, 15) is 9.90 Å². The van der Waals surface area contributed by atoms with Crippen molar-refractivity contribution in [3.8, 4) is 0 Å². The number of carbonyl (C=O) groups excluding carboxylic acids is 1. The van der Waals surface area contributed by atoms with Crippen molar-refractivity contribution in [3.05, 3.63) is 34.9 Å². The largest absolute Gasteiger partial charge is 0.394 e. The van der Waals surface area contributed by atoms with Crippen molar-refractivity contribution in [2.75, 3.05) is 19.8 Å². The van der Waals surface area contributed by atoms with Crippen LogP contribution in [0.4, 0.5) is 0 Å². The van der Waals surface area contributed by atoms with Gasteiger partial charge in [-0.2, -0.15) is 0 Å². The first-order chi connectivity index (χ1) is 9.04. The Hall–Kier alpha value is -1.39. The maximum Gasteiger partial charge on any atom is 0.254 e. The van der Waals surface area contributed by atoms with Gasteiger partial charge >= 0.3 is 0 Å². The highest BCUT2D eigenvalue weighted by molar-refractivity contribution is 5.97. The van der Waals surface area contributed by atoms with Crippen LogP contribution in [0.1, 0.15) is 28.4 Å². The third-order valence-corrected chi connectivity index (χ3v) is 3.67. The number of rotatable bonds is 2. The molecule has 1 amide bonds. The molecule has 1 fully saturated rings. The van der Waals surface area contributed by atoms with Crippen LogP contribution in [0.25, 0.3) is 0 Å². The molecule has 1 aliphatic rings. The van der Waals surface area contributed by atoms with E-state index in [1.807, 2.05) is 39.0 Å². The second-order valence-corrected chi connectivity index (χ2v) is 5.21. The topological polar surface area (TPSA) is 49.8 Å². The lowest BCUT2D eigenvalue weighted by Gasteiger charge is -2.38. The fraction of sp³-hybridized carbons (Fsp3) is 0.533. The standard InChI is InChI=1S/C15H21NO3/c1-10-5-4-6-11(2)14(10)15(18)16-7-13(8-17)19-9-12(16)3/h4-6,12-13,17H,7-9H2,1-3H3. The second kappa shape index (κ2) is 5.72. The molecule has 2 rings (SSSR count). The lowest BCUT2D eigenvalue weighted by Crippen LogP contribution is -2.52. The van der Waals surface area contributed by atoms with Gasteiger partial charge in [-0.05, 0) is 31.9 Å². The molecule has 0 saturated carbocycles. The molecule has 0 spiro atoms. The minimum absolute atomic E-state index is 0.0323. The molecule has 1 aliphatic heterocycles. The van der Waals surface area contributed by atoms with Crippen molar-refractivity contribution in [1.29, 1.82) is 0 Å². The highest BCUT2D eigenvalue weighted by Gasteiger charge is 2.30. The van der Waals surface area contributed by atoms with Gasteiger partial charge in [0.25, 0.3) is 5.91 Å². The normalized spacial score (nSPS) is 23.5. The lowest BCUT2D eigenvalue weighted by atomic mass is 10.0. The molecule has 0 aliphatic carbocycles. The molecule has 2 unspecified atom stereocenters. The van der Waals surface area contributed by atoms with E-state index in [4.69, 9.17) is 4.74 Å². The molecule has 19 heavy (non-hydrogen) atoms. The number of carbonyl (C=O) groups is 1. The first-order valence-corrected chi connectivity index (χ1v) is 6.64. The van der Waals surface area contributed by atoms with E-state index in [0.717, 1.165) is 16.7 Å². The summed E-state index contributed by atoms with van der Waals surface area (Å²) in [5.74, 6) is 0.0323. The van der Waals surface area contributed by atoms with E-state index in [2.05, 4.69) is 0 Å². The van der Waals surface area contributed by atoms with Gasteiger partial charge in [0.2, 0.25) is 0 Å². The molecule has 1 saturated heterocycles. The van der Waals surface area contributed by atoms with E-state index in [0.29, 0.717) is 13.2 Å². The number of nitrogens with zero attached hydrogens (tertiary/aromatic N) is 1. The number of hydrogen-bond acceptors (Lipinski definition) is 3. The van der Waals surface area contributed by atoms with Gasteiger partial charge in [-0.25, -0.2) is 0 Å². The fourth-order valence-corrected chi connectivity index (χ4v) is 2.51. The number of ether oxygens (including phenoxy) is 1. The van der Waals surface area contributed by atoms with Gasteiger partial charge in [-0.3, -0.25) is 4.79 Å². The highest BCUT2D eigenvalue weighted by Crippen LogP contribution is 2.20. The minimum atomic E-state index is -0.274. The number of morpholine rings is 1. The van der Waals surface area contributed by atoms with Crippen LogP contribution >= 0.6 is 0 Å². The van der Waals surface area contributed by atoms with E-state index in [-0.39, 0.29) is 24.7 Å². The highest BCUT2D eigenvalue weighted by atomic mass is 16.5.